The number of likely N-dealkylation sites (N-methyl/N-ethyl adjacent to an activating group) is 1. The second-order valence-electron chi connectivity index (χ2n) is 2.77. The second-order valence-corrected chi connectivity index (χ2v) is 2.77. The highest BCUT2D eigenvalue weighted by Crippen LogP contribution is 1.97. The maximum atomic E-state index is 11.1. The molecular formula is C9H13N3O. The van der Waals surface area contributed by atoms with Crippen molar-refractivity contribution in [2.24, 2.45) is 5.73 Å². The van der Waals surface area contributed by atoms with E-state index in [1.807, 2.05) is 18.2 Å². The van der Waals surface area contributed by atoms with Crippen molar-refractivity contribution in [1.29, 1.82) is 0 Å². The zero-order valence-corrected chi connectivity index (χ0v) is 7.60. The minimum atomic E-state index is -0.0781. The van der Waals surface area contributed by atoms with Crippen LogP contribution in [0.25, 0.3) is 0 Å². The molecule has 0 radical (unpaired) electrons. The van der Waals surface area contributed by atoms with E-state index in [1.54, 1.807) is 18.1 Å². The van der Waals surface area contributed by atoms with E-state index in [4.69, 9.17) is 5.73 Å². The lowest BCUT2D eigenvalue weighted by Gasteiger charge is -2.14. The van der Waals surface area contributed by atoms with Crippen LogP contribution < -0.4 is 5.73 Å². The summed E-state index contributed by atoms with van der Waals surface area (Å²) in [5.41, 5.74) is 6.08. The number of nitrogens with zero attached hydrogens (tertiary/aromatic N) is 2. The summed E-state index contributed by atoms with van der Waals surface area (Å²) in [6.45, 7) is 0.556. The van der Waals surface area contributed by atoms with E-state index in [0.717, 1.165) is 5.69 Å². The molecule has 1 amide bonds. The van der Waals surface area contributed by atoms with Crippen LogP contribution in [0.2, 0.25) is 0 Å². The fourth-order valence-corrected chi connectivity index (χ4v) is 0.979. The van der Waals surface area contributed by atoms with Crippen LogP contribution >= 0.6 is 0 Å². The SMILES string of the molecule is CN(Cc1ccccn1)C(=O)CN. The molecule has 1 aromatic rings. The van der Waals surface area contributed by atoms with E-state index in [-0.39, 0.29) is 12.5 Å². The Kier molecular flexibility index (Phi) is 3.40. The van der Waals surface area contributed by atoms with E-state index in [9.17, 15) is 4.79 Å². The summed E-state index contributed by atoms with van der Waals surface area (Å²) in [6, 6.07) is 5.61. The summed E-state index contributed by atoms with van der Waals surface area (Å²) in [4.78, 5) is 16.7. The monoisotopic (exact) mass is 179 g/mol. The number of rotatable bonds is 3. The van der Waals surface area contributed by atoms with Gasteiger partial charge in [0.15, 0.2) is 0 Å². The van der Waals surface area contributed by atoms with Gasteiger partial charge in [-0.1, -0.05) is 6.07 Å². The Balaban J connectivity index is 2.55. The third-order valence-electron chi connectivity index (χ3n) is 1.73. The molecular weight excluding hydrogens is 166 g/mol. The number of hydrogen-bond donors (Lipinski definition) is 1. The lowest BCUT2D eigenvalue weighted by molar-refractivity contribution is -0.128. The minimum Gasteiger partial charge on any atom is -0.339 e. The normalized spacial score (nSPS) is 9.69. The number of nitrogens with two attached hydrogens (primary N) is 1. The van der Waals surface area contributed by atoms with Crippen LogP contribution in [0.4, 0.5) is 0 Å². The summed E-state index contributed by atoms with van der Waals surface area (Å²) >= 11 is 0. The summed E-state index contributed by atoms with van der Waals surface area (Å²) in [5, 5.41) is 0. The van der Waals surface area contributed by atoms with Crippen LogP contribution in [-0.4, -0.2) is 29.4 Å². The van der Waals surface area contributed by atoms with Crippen molar-refractivity contribution in [3.8, 4) is 0 Å². The largest absolute Gasteiger partial charge is 0.339 e. The molecule has 1 heterocycles. The highest BCUT2D eigenvalue weighted by molar-refractivity contribution is 5.77. The summed E-state index contributed by atoms with van der Waals surface area (Å²) in [5.74, 6) is -0.0781. The predicted molar refractivity (Wildman–Crippen MR) is 49.8 cm³/mol. The molecule has 1 aromatic heterocycles. The number of hydrogen-bond acceptors (Lipinski definition) is 3. The molecule has 4 nitrogen and oxygen atoms in total. The standard InChI is InChI=1S/C9H13N3O/c1-12(9(13)6-10)7-8-4-2-3-5-11-8/h2-5H,6-7,10H2,1H3. The number of carbonyl (C=O) groups is 1. The first-order chi connectivity index (χ1) is 6.24. The fourth-order valence-electron chi connectivity index (χ4n) is 0.979. The molecule has 0 aromatic carbocycles. The van der Waals surface area contributed by atoms with Crippen LogP contribution in [0.5, 0.6) is 0 Å². The number of amides is 1. The fraction of sp³-hybridized carbons (Fsp3) is 0.333. The van der Waals surface area contributed by atoms with Crippen molar-refractivity contribution < 1.29 is 4.79 Å². The Morgan fingerprint density at radius 3 is 2.92 bits per heavy atom. The van der Waals surface area contributed by atoms with Crippen LogP contribution in [-0.2, 0) is 11.3 Å². The van der Waals surface area contributed by atoms with Crippen molar-refractivity contribution in [1.82, 2.24) is 9.88 Å². The van der Waals surface area contributed by atoms with E-state index in [0.29, 0.717) is 6.54 Å². The Bertz CT molecular complexity index is 273. The molecule has 13 heavy (non-hydrogen) atoms. The van der Waals surface area contributed by atoms with E-state index >= 15 is 0 Å². The maximum Gasteiger partial charge on any atom is 0.236 e. The highest BCUT2D eigenvalue weighted by Gasteiger charge is 2.06. The molecule has 0 aliphatic rings. The van der Waals surface area contributed by atoms with Gasteiger partial charge in [0, 0.05) is 13.2 Å². The van der Waals surface area contributed by atoms with E-state index in [2.05, 4.69) is 4.98 Å². The first kappa shape index (κ1) is 9.67. The van der Waals surface area contributed by atoms with Crippen LogP contribution in [0.3, 0.4) is 0 Å². The molecule has 0 bridgehead atoms. The van der Waals surface area contributed by atoms with Crippen molar-refractivity contribution in [3.05, 3.63) is 30.1 Å². The first-order valence-electron chi connectivity index (χ1n) is 4.08. The van der Waals surface area contributed by atoms with Gasteiger partial charge >= 0.3 is 0 Å². The van der Waals surface area contributed by atoms with Gasteiger partial charge in [-0.2, -0.15) is 0 Å². The van der Waals surface area contributed by atoms with Crippen molar-refractivity contribution in [3.63, 3.8) is 0 Å². The zero-order valence-electron chi connectivity index (χ0n) is 7.60. The molecule has 0 saturated heterocycles. The molecule has 0 spiro atoms. The van der Waals surface area contributed by atoms with Crippen LogP contribution in [0.15, 0.2) is 24.4 Å². The molecule has 0 unspecified atom stereocenters. The van der Waals surface area contributed by atoms with Crippen LogP contribution in [0.1, 0.15) is 5.69 Å². The Morgan fingerprint density at radius 2 is 2.38 bits per heavy atom. The molecule has 2 N–H and O–H groups in total. The van der Waals surface area contributed by atoms with Gasteiger partial charge in [-0.3, -0.25) is 9.78 Å². The quantitative estimate of drug-likeness (QED) is 0.710. The number of carbonyl (C=O) groups excluding carboxylic acids is 1. The van der Waals surface area contributed by atoms with Crippen molar-refractivity contribution >= 4 is 5.91 Å². The summed E-state index contributed by atoms with van der Waals surface area (Å²) in [6.07, 6.45) is 1.70. The molecule has 0 aliphatic carbocycles. The minimum absolute atomic E-state index is 0.0450. The molecule has 1 rings (SSSR count). The number of pyridine rings is 1. The van der Waals surface area contributed by atoms with Gasteiger partial charge in [0.1, 0.15) is 0 Å². The summed E-state index contributed by atoms with van der Waals surface area (Å²) in [7, 11) is 1.71. The average Bonchev–Trinajstić information content (AvgIpc) is 2.18. The van der Waals surface area contributed by atoms with Gasteiger partial charge in [-0.25, -0.2) is 0 Å². The topological polar surface area (TPSA) is 59.2 Å². The second kappa shape index (κ2) is 4.57. The van der Waals surface area contributed by atoms with Gasteiger partial charge in [0.2, 0.25) is 5.91 Å². The third-order valence-corrected chi connectivity index (χ3v) is 1.73. The van der Waals surface area contributed by atoms with Crippen LogP contribution in [0, 0.1) is 0 Å². The van der Waals surface area contributed by atoms with E-state index in [1.165, 1.54) is 0 Å². The van der Waals surface area contributed by atoms with Crippen molar-refractivity contribution in [2.45, 2.75) is 6.54 Å². The third kappa shape index (κ3) is 2.83. The Morgan fingerprint density at radius 1 is 1.62 bits per heavy atom. The summed E-state index contributed by atoms with van der Waals surface area (Å²) < 4.78 is 0. The zero-order chi connectivity index (χ0) is 9.68. The van der Waals surface area contributed by atoms with Gasteiger partial charge < -0.3 is 10.6 Å². The first-order valence-corrected chi connectivity index (χ1v) is 4.08. The number of aromatic nitrogens is 1. The lowest BCUT2D eigenvalue weighted by Crippen LogP contribution is -2.32. The molecule has 4 heteroatoms. The Hall–Kier alpha value is -1.42. The average molecular weight is 179 g/mol. The smallest absolute Gasteiger partial charge is 0.236 e. The molecule has 0 aliphatic heterocycles. The molecule has 0 saturated carbocycles. The van der Waals surface area contributed by atoms with Crippen molar-refractivity contribution in [2.75, 3.05) is 13.6 Å². The maximum absolute atomic E-state index is 11.1. The highest BCUT2D eigenvalue weighted by atomic mass is 16.2. The lowest BCUT2D eigenvalue weighted by atomic mass is 10.3. The predicted octanol–water partition coefficient (Wildman–Crippen LogP) is -0.00130. The Labute approximate surface area is 77.4 Å². The molecule has 70 valence electrons. The van der Waals surface area contributed by atoms with Gasteiger partial charge in [-0.05, 0) is 12.1 Å². The van der Waals surface area contributed by atoms with E-state index < -0.39 is 0 Å². The van der Waals surface area contributed by atoms with Gasteiger partial charge in [0.05, 0.1) is 18.8 Å². The molecule has 0 atom stereocenters. The van der Waals surface area contributed by atoms with Gasteiger partial charge in [-0.15, -0.1) is 0 Å². The molecule has 0 fully saturated rings. The van der Waals surface area contributed by atoms with Gasteiger partial charge in [0.25, 0.3) is 0 Å².